The number of piperidine rings is 1. The summed E-state index contributed by atoms with van der Waals surface area (Å²) in [5.74, 6) is -1.17. The fourth-order valence-electron chi connectivity index (χ4n) is 2.92. The fraction of sp³-hybridized carbons (Fsp3) is 0.263. The van der Waals surface area contributed by atoms with Crippen molar-refractivity contribution in [1.29, 1.82) is 0 Å². The first-order chi connectivity index (χ1) is 12.4. The molecule has 0 unspecified atom stereocenters. The van der Waals surface area contributed by atoms with E-state index in [4.69, 9.17) is 10.5 Å². The molecule has 7 heteroatoms. The largest absolute Gasteiger partial charge is 0.454 e. The maximum atomic E-state index is 14.4. The molecule has 1 saturated heterocycles. The van der Waals surface area contributed by atoms with Crippen molar-refractivity contribution in [2.75, 3.05) is 13.1 Å². The van der Waals surface area contributed by atoms with Crippen LogP contribution in [-0.4, -0.2) is 29.8 Å². The SMILES string of the molecule is NC(=O)[C@@H]1CCCN(C(=O)c2ccc(Oc3ccc(Br)cc3)c(F)c2)C1. The summed E-state index contributed by atoms with van der Waals surface area (Å²) in [6.07, 6.45) is 1.38. The van der Waals surface area contributed by atoms with Gasteiger partial charge in [0, 0.05) is 23.1 Å². The molecule has 0 aliphatic carbocycles. The monoisotopic (exact) mass is 420 g/mol. The Morgan fingerprint density at radius 3 is 2.58 bits per heavy atom. The summed E-state index contributed by atoms with van der Waals surface area (Å²) in [6.45, 7) is 0.800. The Kier molecular flexibility index (Phi) is 5.56. The summed E-state index contributed by atoms with van der Waals surface area (Å²) in [4.78, 5) is 25.5. The van der Waals surface area contributed by atoms with E-state index in [0.717, 1.165) is 10.5 Å². The van der Waals surface area contributed by atoms with E-state index in [1.165, 1.54) is 12.1 Å². The normalized spacial score (nSPS) is 17.0. The average molecular weight is 421 g/mol. The maximum Gasteiger partial charge on any atom is 0.253 e. The minimum atomic E-state index is -0.623. The molecule has 0 bridgehead atoms. The molecule has 5 nitrogen and oxygen atoms in total. The van der Waals surface area contributed by atoms with E-state index in [1.54, 1.807) is 29.2 Å². The zero-order valence-corrected chi connectivity index (χ0v) is 15.5. The Hall–Kier alpha value is -2.41. The van der Waals surface area contributed by atoms with Crippen LogP contribution in [0.15, 0.2) is 46.9 Å². The van der Waals surface area contributed by atoms with E-state index >= 15 is 0 Å². The first-order valence-corrected chi connectivity index (χ1v) is 9.05. The number of hydrogen-bond acceptors (Lipinski definition) is 3. The van der Waals surface area contributed by atoms with Gasteiger partial charge in [0.2, 0.25) is 5.91 Å². The number of nitrogens with two attached hydrogens (primary N) is 1. The van der Waals surface area contributed by atoms with Gasteiger partial charge in [0.15, 0.2) is 11.6 Å². The quantitative estimate of drug-likeness (QED) is 0.818. The van der Waals surface area contributed by atoms with E-state index in [2.05, 4.69) is 15.9 Å². The molecule has 2 N–H and O–H groups in total. The second-order valence-corrected chi connectivity index (χ2v) is 7.11. The number of likely N-dealkylation sites (tertiary alicyclic amines) is 1. The highest BCUT2D eigenvalue weighted by Crippen LogP contribution is 2.27. The third-order valence-electron chi connectivity index (χ3n) is 4.33. The van der Waals surface area contributed by atoms with E-state index in [0.29, 0.717) is 25.1 Å². The first-order valence-electron chi connectivity index (χ1n) is 8.25. The first kappa shape index (κ1) is 18.4. The molecular weight excluding hydrogens is 403 g/mol. The molecule has 1 aliphatic heterocycles. The number of rotatable bonds is 4. The molecule has 1 fully saturated rings. The van der Waals surface area contributed by atoms with Gasteiger partial charge >= 0.3 is 0 Å². The van der Waals surface area contributed by atoms with Crippen molar-refractivity contribution >= 4 is 27.7 Å². The zero-order chi connectivity index (χ0) is 18.7. The van der Waals surface area contributed by atoms with Gasteiger partial charge in [0.1, 0.15) is 5.75 Å². The van der Waals surface area contributed by atoms with Crippen molar-refractivity contribution in [2.24, 2.45) is 11.7 Å². The van der Waals surface area contributed by atoms with Crippen LogP contribution in [0.5, 0.6) is 11.5 Å². The summed E-state index contributed by atoms with van der Waals surface area (Å²) in [7, 11) is 0. The standard InChI is InChI=1S/C19H18BrFN2O3/c20-14-4-6-15(7-5-14)26-17-8-3-12(10-16(17)21)19(25)23-9-1-2-13(11-23)18(22)24/h3-8,10,13H,1-2,9,11H2,(H2,22,24)/t13-/m1/s1. The highest BCUT2D eigenvalue weighted by atomic mass is 79.9. The van der Waals surface area contributed by atoms with Crippen LogP contribution in [0.4, 0.5) is 4.39 Å². The molecule has 1 heterocycles. The number of amides is 2. The number of nitrogens with zero attached hydrogens (tertiary/aromatic N) is 1. The van der Waals surface area contributed by atoms with Gasteiger partial charge in [-0.25, -0.2) is 4.39 Å². The number of hydrogen-bond donors (Lipinski definition) is 1. The minimum Gasteiger partial charge on any atom is -0.454 e. The summed E-state index contributed by atoms with van der Waals surface area (Å²) >= 11 is 3.32. The summed E-state index contributed by atoms with van der Waals surface area (Å²) in [5, 5.41) is 0. The molecular formula is C19H18BrFN2O3. The average Bonchev–Trinajstić information content (AvgIpc) is 2.64. The lowest BCUT2D eigenvalue weighted by molar-refractivity contribution is -0.123. The van der Waals surface area contributed by atoms with Crippen molar-refractivity contribution in [3.63, 3.8) is 0 Å². The second-order valence-electron chi connectivity index (χ2n) is 6.19. The van der Waals surface area contributed by atoms with Crippen LogP contribution < -0.4 is 10.5 Å². The minimum absolute atomic E-state index is 0.0394. The Morgan fingerprint density at radius 1 is 1.19 bits per heavy atom. The Labute approximate surface area is 159 Å². The van der Waals surface area contributed by atoms with Gasteiger partial charge in [-0.15, -0.1) is 0 Å². The van der Waals surface area contributed by atoms with Crippen LogP contribution in [0.2, 0.25) is 0 Å². The highest BCUT2D eigenvalue weighted by molar-refractivity contribution is 9.10. The molecule has 2 aromatic carbocycles. The van der Waals surface area contributed by atoms with Crippen molar-refractivity contribution in [1.82, 2.24) is 4.90 Å². The topological polar surface area (TPSA) is 72.6 Å². The van der Waals surface area contributed by atoms with E-state index in [9.17, 15) is 14.0 Å². The highest BCUT2D eigenvalue weighted by Gasteiger charge is 2.28. The summed E-state index contributed by atoms with van der Waals surface area (Å²) < 4.78 is 20.8. The molecule has 2 aromatic rings. The van der Waals surface area contributed by atoms with Crippen molar-refractivity contribution < 1.29 is 18.7 Å². The predicted octanol–water partition coefficient (Wildman–Crippen LogP) is 3.72. The van der Waals surface area contributed by atoms with E-state index < -0.39 is 11.7 Å². The third kappa shape index (κ3) is 4.22. The van der Waals surface area contributed by atoms with Crippen molar-refractivity contribution in [2.45, 2.75) is 12.8 Å². The molecule has 0 spiro atoms. The van der Waals surface area contributed by atoms with Crippen LogP contribution in [0.3, 0.4) is 0 Å². The third-order valence-corrected chi connectivity index (χ3v) is 4.86. The van der Waals surface area contributed by atoms with Gasteiger partial charge in [-0.1, -0.05) is 15.9 Å². The molecule has 3 rings (SSSR count). The van der Waals surface area contributed by atoms with Crippen molar-refractivity contribution in [3.8, 4) is 11.5 Å². The van der Waals surface area contributed by atoms with Gasteiger partial charge in [0.25, 0.3) is 5.91 Å². The van der Waals surface area contributed by atoms with Gasteiger partial charge in [-0.3, -0.25) is 9.59 Å². The summed E-state index contributed by atoms with van der Waals surface area (Å²) in [6, 6.07) is 11.1. The molecule has 0 saturated carbocycles. The van der Waals surface area contributed by atoms with Crippen molar-refractivity contribution in [3.05, 3.63) is 58.3 Å². The van der Waals surface area contributed by atoms with Gasteiger partial charge in [-0.2, -0.15) is 0 Å². The Bertz CT molecular complexity index is 826. The van der Waals surface area contributed by atoms with Crippen LogP contribution in [0, 0.1) is 11.7 Å². The molecule has 2 amide bonds. The number of ether oxygens (including phenoxy) is 1. The lowest BCUT2D eigenvalue weighted by Gasteiger charge is -2.31. The number of halogens is 2. The van der Waals surface area contributed by atoms with Gasteiger partial charge < -0.3 is 15.4 Å². The predicted molar refractivity (Wildman–Crippen MR) is 98.4 cm³/mol. The second kappa shape index (κ2) is 7.86. The van der Waals surface area contributed by atoms with Crippen LogP contribution in [-0.2, 0) is 4.79 Å². The lowest BCUT2D eigenvalue weighted by atomic mass is 9.97. The van der Waals surface area contributed by atoms with Crippen LogP contribution >= 0.6 is 15.9 Å². The van der Waals surface area contributed by atoms with E-state index in [-0.39, 0.29) is 29.7 Å². The fourth-order valence-corrected chi connectivity index (χ4v) is 3.19. The summed E-state index contributed by atoms with van der Waals surface area (Å²) in [5.41, 5.74) is 5.56. The Morgan fingerprint density at radius 2 is 1.92 bits per heavy atom. The maximum absolute atomic E-state index is 14.4. The Balaban J connectivity index is 1.73. The number of primary amides is 1. The van der Waals surface area contributed by atoms with E-state index in [1.807, 2.05) is 0 Å². The molecule has 1 aliphatic rings. The van der Waals surface area contributed by atoms with Crippen LogP contribution in [0.1, 0.15) is 23.2 Å². The van der Waals surface area contributed by atoms with Gasteiger partial charge in [0.05, 0.1) is 5.92 Å². The van der Waals surface area contributed by atoms with Gasteiger partial charge in [-0.05, 0) is 55.3 Å². The number of carbonyl (C=O) groups is 2. The zero-order valence-electron chi connectivity index (χ0n) is 14.0. The number of carbonyl (C=O) groups excluding carboxylic acids is 2. The number of benzene rings is 2. The molecule has 136 valence electrons. The lowest BCUT2D eigenvalue weighted by Crippen LogP contribution is -2.44. The molecule has 1 atom stereocenters. The molecule has 26 heavy (non-hydrogen) atoms. The van der Waals surface area contributed by atoms with Crippen LogP contribution in [0.25, 0.3) is 0 Å². The smallest absolute Gasteiger partial charge is 0.253 e. The molecule has 0 radical (unpaired) electrons. The molecule has 0 aromatic heterocycles.